The third kappa shape index (κ3) is 4.27. The zero-order valence-corrected chi connectivity index (χ0v) is 16.3. The van der Waals surface area contributed by atoms with Crippen LogP contribution in [0.2, 0.25) is 5.02 Å². The summed E-state index contributed by atoms with van der Waals surface area (Å²) in [5.41, 5.74) is -0.0606. The van der Waals surface area contributed by atoms with Gasteiger partial charge in [-0.05, 0) is 37.5 Å². The summed E-state index contributed by atoms with van der Waals surface area (Å²) in [4.78, 5) is 49.4. The van der Waals surface area contributed by atoms with E-state index in [9.17, 15) is 19.2 Å². The van der Waals surface area contributed by atoms with Gasteiger partial charge in [0.2, 0.25) is 0 Å². The highest BCUT2D eigenvalue weighted by atomic mass is 35.5. The molecule has 1 spiro atoms. The molecule has 4 amide bonds. The Bertz CT molecular complexity index is 807. The molecule has 1 aliphatic heterocycles. The highest BCUT2D eigenvalue weighted by Gasteiger charge is 2.52. The molecule has 3 rings (SSSR count). The lowest BCUT2D eigenvalue weighted by molar-refractivity contribution is -0.151. The number of imide groups is 1. The monoisotopic (exact) mass is 407 g/mol. The van der Waals surface area contributed by atoms with Crippen LogP contribution in [0.5, 0.6) is 0 Å². The van der Waals surface area contributed by atoms with Crippen LogP contribution >= 0.6 is 11.6 Å². The Kier molecular flexibility index (Phi) is 5.88. The first-order chi connectivity index (χ1) is 13.3. The minimum Gasteiger partial charge on any atom is -0.454 e. The van der Waals surface area contributed by atoms with Crippen LogP contribution < -0.4 is 10.6 Å². The van der Waals surface area contributed by atoms with Gasteiger partial charge in [-0.1, -0.05) is 36.6 Å². The molecule has 0 radical (unpaired) electrons. The molecule has 1 aromatic carbocycles. The van der Waals surface area contributed by atoms with Crippen molar-refractivity contribution in [2.75, 3.05) is 13.2 Å². The first kappa shape index (κ1) is 20.1. The second kappa shape index (κ2) is 8.18. The molecule has 1 atom stereocenters. The minimum absolute atomic E-state index is 0.321. The van der Waals surface area contributed by atoms with Crippen molar-refractivity contribution in [2.24, 2.45) is 0 Å². The largest absolute Gasteiger partial charge is 0.454 e. The molecule has 0 bridgehead atoms. The minimum atomic E-state index is -0.874. The number of amides is 4. The number of hydrogen-bond acceptors (Lipinski definition) is 5. The van der Waals surface area contributed by atoms with Gasteiger partial charge in [0.25, 0.3) is 11.8 Å². The smallest absolute Gasteiger partial charge is 0.326 e. The van der Waals surface area contributed by atoms with E-state index in [0.717, 1.165) is 23.3 Å². The van der Waals surface area contributed by atoms with E-state index in [1.807, 2.05) is 6.07 Å². The van der Waals surface area contributed by atoms with E-state index >= 15 is 0 Å². The summed E-state index contributed by atoms with van der Waals surface area (Å²) in [6, 6.07) is 6.14. The molecule has 2 fully saturated rings. The normalized spacial score (nSPS) is 18.9. The van der Waals surface area contributed by atoms with Gasteiger partial charge in [-0.15, -0.1) is 0 Å². The van der Waals surface area contributed by atoms with E-state index in [2.05, 4.69) is 10.6 Å². The summed E-state index contributed by atoms with van der Waals surface area (Å²) < 4.78 is 4.92. The lowest BCUT2D eigenvalue weighted by atomic mass is 9.98. The SMILES string of the molecule is C[C@H](NC(=O)COC(=O)CN1C(=O)NC2(CCCC2)C1=O)c1cccc(Cl)c1. The van der Waals surface area contributed by atoms with Crippen LogP contribution in [0.1, 0.15) is 44.2 Å². The first-order valence-corrected chi connectivity index (χ1v) is 9.53. The number of carbonyl (C=O) groups excluding carboxylic acids is 4. The summed E-state index contributed by atoms with van der Waals surface area (Å²) >= 11 is 5.93. The molecule has 8 nitrogen and oxygen atoms in total. The number of esters is 1. The van der Waals surface area contributed by atoms with Crippen LogP contribution in [0.15, 0.2) is 24.3 Å². The van der Waals surface area contributed by atoms with Crippen molar-refractivity contribution in [3.63, 3.8) is 0 Å². The lowest BCUT2D eigenvalue weighted by Crippen LogP contribution is -2.44. The van der Waals surface area contributed by atoms with Gasteiger partial charge in [0, 0.05) is 5.02 Å². The molecule has 9 heteroatoms. The molecule has 1 saturated carbocycles. The fraction of sp³-hybridized carbons (Fsp3) is 0.474. The molecule has 2 aliphatic rings. The van der Waals surface area contributed by atoms with Crippen molar-refractivity contribution >= 4 is 35.4 Å². The van der Waals surface area contributed by atoms with E-state index in [4.69, 9.17) is 16.3 Å². The fourth-order valence-corrected chi connectivity index (χ4v) is 3.80. The van der Waals surface area contributed by atoms with Crippen molar-refractivity contribution in [1.82, 2.24) is 15.5 Å². The van der Waals surface area contributed by atoms with E-state index in [0.29, 0.717) is 17.9 Å². The van der Waals surface area contributed by atoms with E-state index in [-0.39, 0.29) is 6.04 Å². The van der Waals surface area contributed by atoms with Crippen molar-refractivity contribution in [1.29, 1.82) is 0 Å². The van der Waals surface area contributed by atoms with Gasteiger partial charge in [0.15, 0.2) is 6.61 Å². The zero-order chi connectivity index (χ0) is 20.3. The van der Waals surface area contributed by atoms with Crippen LogP contribution in [-0.4, -0.2) is 47.4 Å². The van der Waals surface area contributed by atoms with Gasteiger partial charge in [-0.25, -0.2) is 4.79 Å². The van der Waals surface area contributed by atoms with Crippen LogP contribution in [0.4, 0.5) is 4.79 Å². The van der Waals surface area contributed by atoms with E-state index < -0.39 is 42.5 Å². The highest BCUT2D eigenvalue weighted by Crippen LogP contribution is 2.34. The average Bonchev–Trinajstić information content (AvgIpc) is 3.21. The number of ether oxygens (including phenoxy) is 1. The highest BCUT2D eigenvalue weighted by molar-refractivity contribution is 6.30. The van der Waals surface area contributed by atoms with E-state index in [1.165, 1.54) is 0 Å². The Morgan fingerprint density at radius 3 is 2.71 bits per heavy atom. The third-order valence-electron chi connectivity index (χ3n) is 5.08. The number of hydrogen-bond donors (Lipinski definition) is 2. The maximum Gasteiger partial charge on any atom is 0.326 e. The molecule has 0 unspecified atom stereocenters. The fourth-order valence-electron chi connectivity index (χ4n) is 3.60. The van der Waals surface area contributed by atoms with E-state index in [1.54, 1.807) is 25.1 Å². The summed E-state index contributed by atoms with van der Waals surface area (Å²) in [5.74, 6) is -1.71. The molecular weight excluding hydrogens is 386 g/mol. The summed E-state index contributed by atoms with van der Waals surface area (Å²) in [7, 11) is 0. The van der Waals surface area contributed by atoms with Gasteiger partial charge in [-0.2, -0.15) is 0 Å². The Labute approximate surface area is 167 Å². The summed E-state index contributed by atoms with van der Waals surface area (Å²) in [6.07, 6.45) is 2.87. The number of nitrogens with one attached hydrogen (secondary N) is 2. The van der Waals surface area contributed by atoms with Gasteiger partial charge in [0.1, 0.15) is 12.1 Å². The van der Waals surface area contributed by atoms with Crippen LogP contribution in [0, 0.1) is 0 Å². The number of benzene rings is 1. The number of halogens is 1. The molecule has 2 N–H and O–H groups in total. The predicted molar refractivity (Wildman–Crippen MR) is 100 cm³/mol. The van der Waals surface area contributed by atoms with Crippen LogP contribution in [0.3, 0.4) is 0 Å². The third-order valence-corrected chi connectivity index (χ3v) is 5.32. The topological polar surface area (TPSA) is 105 Å². The number of nitrogens with zero attached hydrogens (tertiary/aromatic N) is 1. The van der Waals surface area contributed by atoms with Crippen LogP contribution in [-0.2, 0) is 19.1 Å². The number of rotatable bonds is 6. The maximum atomic E-state index is 12.5. The van der Waals surface area contributed by atoms with Gasteiger partial charge in [-0.3, -0.25) is 19.3 Å². The molecular formula is C19H22ClN3O5. The zero-order valence-electron chi connectivity index (χ0n) is 15.5. The number of carbonyl (C=O) groups is 4. The first-order valence-electron chi connectivity index (χ1n) is 9.15. The molecule has 28 heavy (non-hydrogen) atoms. The molecule has 1 heterocycles. The Morgan fingerprint density at radius 2 is 2.04 bits per heavy atom. The number of urea groups is 1. The molecule has 1 saturated heterocycles. The van der Waals surface area contributed by atoms with Crippen molar-refractivity contribution in [2.45, 2.75) is 44.2 Å². The van der Waals surface area contributed by atoms with Gasteiger partial charge >= 0.3 is 12.0 Å². The van der Waals surface area contributed by atoms with Crippen molar-refractivity contribution in [3.8, 4) is 0 Å². The average molecular weight is 408 g/mol. The molecule has 1 aliphatic carbocycles. The predicted octanol–water partition coefficient (Wildman–Crippen LogP) is 1.93. The Hall–Kier alpha value is -2.61. The van der Waals surface area contributed by atoms with Gasteiger partial charge in [0.05, 0.1) is 6.04 Å². The lowest BCUT2D eigenvalue weighted by Gasteiger charge is -2.19. The maximum absolute atomic E-state index is 12.5. The Morgan fingerprint density at radius 1 is 1.32 bits per heavy atom. The van der Waals surface area contributed by atoms with Gasteiger partial charge < -0.3 is 15.4 Å². The quantitative estimate of drug-likeness (QED) is 0.553. The Balaban J connectivity index is 1.47. The molecule has 150 valence electrons. The standard InChI is InChI=1S/C19H22ClN3O5/c1-12(13-5-4-6-14(20)9-13)21-15(24)11-28-16(25)10-23-17(26)19(22-18(23)27)7-2-3-8-19/h4-6,9,12H,2-3,7-8,10-11H2,1H3,(H,21,24)(H,22,27)/t12-/m0/s1. The molecule has 1 aromatic rings. The summed E-state index contributed by atoms with van der Waals surface area (Å²) in [5, 5.41) is 5.94. The summed E-state index contributed by atoms with van der Waals surface area (Å²) in [6.45, 7) is 0.766. The molecule has 0 aromatic heterocycles. The second-order valence-corrected chi connectivity index (χ2v) is 7.55. The van der Waals surface area contributed by atoms with Crippen molar-refractivity contribution in [3.05, 3.63) is 34.9 Å². The van der Waals surface area contributed by atoms with Crippen LogP contribution in [0.25, 0.3) is 0 Å². The second-order valence-electron chi connectivity index (χ2n) is 7.12. The van der Waals surface area contributed by atoms with Crippen molar-refractivity contribution < 1.29 is 23.9 Å².